The Bertz CT molecular complexity index is 397. The highest BCUT2D eigenvalue weighted by atomic mass is 35.5. The van der Waals surface area contributed by atoms with Crippen molar-refractivity contribution in [2.45, 2.75) is 37.9 Å². The molecule has 94 valence electrons. The Morgan fingerprint density at radius 2 is 2.24 bits per heavy atom. The van der Waals surface area contributed by atoms with Gasteiger partial charge in [0.2, 0.25) is 0 Å². The smallest absolute Gasteiger partial charge is 0.127 e. The lowest BCUT2D eigenvalue weighted by Crippen LogP contribution is -2.41. The van der Waals surface area contributed by atoms with Crippen molar-refractivity contribution in [1.29, 1.82) is 0 Å². The van der Waals surface area contributed by atoms with Crippen LogP contribution in [0.5, 0.6) is 0 Å². The fourth-order valence-corrected chi connectivity index (χ4v) is 2.76. The molecule has 2 rings (SSSR count). The molecule has 1 aromatic carbocycles. The van der Waals surface area contributed by atoms with Crippen LogP contribution in [0.25, 0.3) is 0 Å². The zero-order chi connectivity index (χ0) is 12.4. The van der Waals surface area contributed by atoms with Crippen molar-refractivity contribution in [2.75, 3.05) is 7.05 Å². The van der Waals surface area contributed by atoms with E-state index in [1.54, 1.807) is 12.1 Å². The number of hydrogen-bond donors (Lipinski definition) is 1. The van der Waals surface area contributed by atoms with Crippen LogP contribution >= 0.6 is 11.6 Å². The Labute approximate surface area is 107 Å². The molecule has 1 aliphatic carbocycles. The molecule has 0 saturated heterocycles. The molecule has 1 saturated carbocycles. The zero-order valence-corrected chi connectivity index (χ0v) is 10.8. The standard InChI is InChI=1S/C13H18ClFN2/c1-17(13-4-2-3-12(13)16)8-9-7-10(14)5-6-11(9)15/h5-7,12-13H,2-4,8,16H2,1H3. The summed E-state index contributed by atoms with van der Waals surface area (Å²) in [6.45, 7) is 0.560. The minimum atomic E-state index is -0.201. The third-order valence-corrected chi connectivity index (χ3v) is 3.76. The summed E-state index contributed by atoms with van der Waals surface area (Å²) in [6, 6.07) is 5.24. The summed E-state index contributed by atoms with van der Waals surface area (Å²) in [5.74, 6) is -0.201. The van der Waals surface area contributed by atoms with Crippen molar-refractivity contribution >= 4 is 11.6 Å². The Kier molecular flexibility index (Phi) is 4.02. The Hall–Kier alpha value is -0.640. The number of rotatable bonds is 3. The van der Waals surface area contributed by atoms with Gasteiger partial charge in [0.1, 0.15) is 5.82 Å². The first-order valence-corrected chi connectivity index (χ1v) is 6.35. The van der Waals surface area contributed by atoms with E-state index < -0.39 is 0 Å². The molecule has 0 aromatic heterocycles. The molecule has 2 nitrogen and oxygen atoms in total. The molecule has 2 atom stereocenters. The molecule has 2 N–H and O–H groups in total. The van der Waals surface area contributed by atoms with E-state index in [9.17, 15) is 4.39 Å². The van der Waals surface area contributed by atoms with Crippen LogP contribution in [0.4, 0.5) is 4.39 Å². The van der Waals surface area contributed by atoms with Crippen molar-refractivity contribution in [3.05, 3.63) is 34.6 Å². The highest BCUT2D eigenvalue weighted by molar-refractivity contribution is 6.30. The van der Waals surface area contributed by atoms with Crippen LogP contribution in [-0.4, -0.2) is 24.0 Å². The lowest BCUT2D eigenvalue weighted by molar-refractivity contribution is 0.218. The summed E-state index contributed by atoms with van der Waals surface area (Å²) >= 11 is 5.88. The molecule has 2 unspecified atom stereocenters. The van der Waals surface area contributed by atoms with Crippen LogP contribution in [0.3, 0.4) is 0 Å². The predicted molar refractivity (Wildman–Crippen MR) is 68.5 cm³/mol. The average molecular weight is 257 g/mol. The van der Waals surface area contributed by atoms with Crippen molar-refractivity contribution in [3.63, 3.8) is 0 Å². The molecule has 0 radical (unpaired) electrons. The second-order valence-corrected chi connectivity index (χ2v) is 5.25. The van der Waals surface area contributed by atoms with Gasteiger partial charge in [-0.2, -0.15) is 0 Å². The van der Waals surface area contributed by atoms with E-state index in [0.29, 0.717) is 23.2 Å². The summed E-state index contributed by atoms with van der Waals surface area (Å²) < 4.78 is 13.6. The van der Waals surface area contributed by atoms with Crippen LogP contribution in [0.2, 0.25) is 5.02 Å². The summed E-state index contributed by atoms with van der Waals surface area (Å²) in [5.41, 5.74) is 6.68. The van der Waals surface area contributed by atoms with Crippen molar-refractivity contribution < 1.29 is 4.39 Å². The molecule has 1 aliphatic rings. The van der Waals surface area contributed by atoms with E-state index >= 15 is 0 Å². The van der Waals surface area contributed by atoms with Crippen LogP contribution in [0.1, 0.15) is 24.8 Å². The Morgan fingerprint density at radius 1 is 1.47 bits per heavy atom. The van der Waals surface area contributed by atoms with Gasteiger partial charge >= 0.3 is 0 Å². The minimum absolute atomic E-state index is 0.201. The topological polar surface area (TPSA) is 29.3 Å². The number of nitrogens with zero attached hydrogens (tertiary/aromatic N) is 1. The van der Waals surface area contributed by atoms with Gasteiger partial charge in [0.25, 0.3) is 0 Å². The maximum Gasteiger partial charge on any atom is 0.127 e. The summed E-state index contributed by atoms with van der Waals surface area (Å²) in [4.78, 5) is 2.13. The van der Waals surface area contributed by atoms with Gasteiger partial charge in [-0.05, 0) is 38.1 Å². The molecule has 0 spiro atoms. The molecule has 1 aromatic rings. The van der Waals surface area contributed by atoms with Crippen LogP contribution in [0, 0.1) is 5.82 Å². The molecule has 0 amide bonds. The van der Waals surface area contributed by atoms with Crippen molar-refractivity contribution in [1.82, 2.24) is 4.90 Å². The van der Waals surface area contributed by atoms with Gasteiger partial charge in [0.05, 0.1) is 0 Å². The first-order valence-electron chi connectivity index (χ1n) is 5.97. The Morgan fingerprint density at radius 3 is 2.88 bits per heavy atom. The molecule has 17 heavy (non-hydrogen) atoms. The first-order chi connectivity index (χ1) is 8.08. The lowest BCUT2D eigenvalue weighted by Gasteiger charge is -2.27. The fraction of sp³-hybridized carbons (Fsp3) is 0.538. The van der Waals surface area contributed by atoms with E-state index in [1.807, 2.05) is 7.05 Å². The van der Waals surface area contributed by atoms with Crippen LogP contribution < -0.4 is 5.73 Å². The third-order valence-electron chi connectivity index (χ3n) is 3.53. The molecular formula is C13H18ClFN2. The first kappa shape index (κ1) is 12.8. The SMILES string of the molecule is CN(Cc1cc(Cl)ccc1F)C1CCCC1N. The van der Waals surface area contributed by atoms with Gasteiger partial charge in [-0.25, -0.2) is 4.39 Å². The number of nitrogens with two attached hydrogens (primary N) is 1. The molecule has 1 fully saturated rings. The maximum atomic E-state index is 13.6. The van der Waals surface area contributed by atoms with E-state index in [1.165, 1.54) is 6.07 Å². The van der Waals surface area contributed by atoms with Crippen LogP contribution in [-0.2, 0) is 6.54 Å². The van der Waals surface area contributed by atoms with Gasteiger partial charge < -0.3 is 5.73 Å². The second-order valence-electron chi connectivity index (χ2n) is 4.81. The largest absolute Gasteiger partial charge is 0.326 e. The van der Waals surface area contributed by atoms with Gasteiger partial charge in [-0.3, -0.25) is 4.90 Å². The van der Waals surface area contributed by atoms with Gasteiger partial charge in [-0.1, -0.05) is 18.0 Å². The van der Waals surface area contributed by atoms with E-state index in [2.05, 4.69) is 4.90 Å². The fourth-order valence-electron chi connectivity index (χ4n) is 2.57. The molecule has 0 aliphatic heterocycles. The lowest BCUT2D eigenvalue weighted by atomic mass is 10.1. The zero-order valence-electron chi connectivity index (χ0n) is 10.00. The van der Waals surface area contributed by atoms with Crippen molar-refractivity contribution in [2.24, 2.45) is 5.73 Å². The number of hydrogen-bond acceptors (Lipinski definition) is 2. The quantitative estimate of drug-likeness (QED) is 0.901. The predicted octanol–water partition coefficient (Wildman–Crippen LogP) is 2.79. The van der Waals surface area contributed by atoms with Gasteiger partial charge in [0.15, 0.2) is 0 Å². The average Bonchev–Trinajstić information content (AvgIpc) is 2.70. The summed E-state index contributed by atoms with van der Waals surface area (Å²) in [6.07, 6.45) is 3.32. The van der Waals surface area contributed by atoms with Crippen LogP contribution in [0.15, 0.2) is 18.2 Å². The molecule has 0 heterocycles. The normalized spacial score (nSPS) is 24.5. The van der Waals surface area contributed by atoms with E-state index in [-0.39, 0.29) is 11.9 Å². The third kappa shape index (κ3) is 2.97. The van der Waals surface area contributed by atoms with Gasteiger partial charge in [-0.15, -0.1) is 0 Å². The van der Waals surface area contributed by atoms with E-state index in [0.717, 1.165) is 19.3 Å². The highest BCUT2D eigenvalue weighted by Crippen LogP contribution is 2.24. The van der Waals surface area contributed by atoms with Gasteiger partial charge in [0, 0.05) is 29.2 Å². The van der Waals surface area contributed by atoms with E-state index in [4.69, 9.17) is 17.3 Å². The Balaban J connectivity index is 2.07. The second kappa shape index (κ2) is 5.34. The number of benzene rings is 1. The molecular weight excluding hydrogens is 239 g/mol. The summed E-state index contributed by atoms with van der Waals surface area (Å²) in [7, 11) is 2.00. The molecule has 0 bridgehead atoms. The van der Waals surface area contributed by atoms with Crippen molar-refractivity contribution in [3.8, 4) is 0 Å². The minimum Gasteiger partial charge on any atom is -0.326 e. The monoisotopic (exact) mass is 256 g/mol. The highest BCUT2D eigenvalue weighted by Gasteiger charge is 2.27. The maximum absolute atomic E-state index is 13.6. The molecule has 4 heteroatoms. The number of halogens is 2. The number of likely N-dealkylation sites (N-methyl/N-ethyl adjacent to an activating group) is 1. The summed E-state index contributed by atoms with van der Waals surface area (Å²) in [5, 5.41) is 0.575.